The predicted molar refractivity (Wildman–Crippen MR) is 94.9 cm³/mol. The number of rotatable bonds is 4. The van der Waals surface area contributed by atoms with Crippen molar-refractivity contribution < 1.29 is 0 Å². The van der Waals surface area contributed by atoms with Crippen molar-refractivity contribution >= 4 is 45.7 Å². The zero-order valence-corrected chi connectivity index (χ0v) is 14.3. The summed E-state index contributed by atoms with van der Waals surface area (Å²) in [4.78, 5) is 5.37. The summed E-state index contributed by atoms with van der Waals surface area (Å²) in [5.41, 5.74) is 3.15. The van der Waals surface area contributed by atoms with E-state index in [0.717, 1.165) is 28.6 Å². The van der Waals surface area contributed by atoms with E-state index in [4.69, 9.17) is 34.8 Å². The minimum Gasteiger partial charge on any atom is -0.345 e. The lowest BCUT2D eigenvalue weighted by atomic mass is 10.1. The molecule has 0 unspecified atom stereocenters. The van der Waals surface area contributed by atoms with Crippen LogP contribution in [0.2, 0.25) is 15.2 Å². The lowest BCUT2D eigenvalue weighted by Crippen LogP contribution is -2.17. The summed E-state index contributed by atoms with van der Waals surface area (Å²) >= 11 is 18.7. The molecule has 0 saturated heterocycles. The number of para-hydroxylation sites is 1. The molecule has 0 radical (unpaired) electrons. The van der Waals surface area contributed by atoms with Crippen LogP contribution in [0.1, 0.15) is 11.1 Å². The first-order chi connectivity index (χ1) is 10.6. The number of hydrogen-bond acceptors (Lipinski definition) is 1. The van der Waals surface area contributed by atoms with E-state index >= 15 is 0 Å². The number of nitrogens with one attached hydrogen (secondary N) is 1. The second-order valence-corrected chi connectivity index (χ2v) is 6.51. The fourth-order valence-electron chi connectivity index (χ4n) is 2.61. The van der Waals surface area contributed by atoms with Crippen molar-refractivity contribution in [3.63, 3.8) is 0 Å². The van der Waals surface area contributed by atoms with Crippen molar-refractivity contribution in [2.45, 2.75) is 13.1 Å². The number of nitrogens with zero attached hydrogens (tertiary/aromatic N) is 1. The van der Waals surface area contributed by atoms with E-state index in [2.05, 4.69) is 16.0 Å². The maximum atomic E-state index is 6.34. The molecule has 2 aromatic carbocycles. The summed E-state index contributed by atoms with van der Waals surface area (Å²) in [6, 6.07) is 13.8. The van der Waals surface area contributed by atoms with Gasteiger partial charge in [0.25, 0.3) is 0 Å². The van der Waals surface area contributed by atoms with E-state index < -0.39 is 0 Å². The number of hydrogen-bond donors (Lipinski definition) is 1. The average molecular weight is 354 g/mol. The van der Waals surface area contributed by atoms with Crippen LogP contribution in [0.3, 0.4) is 0 Å². The second kappa shape index (κ2) is 6.51. The van der Waals surface area contributed by atoms with Crippen LogP contribution in [-0.2, 0) is 13.1 Å². The highest BCUT2D eigenvalue weighted by atomic mass is 35.5. The number of H-pyrrole nitrogens is 1. The maximum Gasteiger partial charge on any atom is 0.111 e. The number of benzene rings is 2. The standard InChI is InChI=1S/C17H15Cl3N2/c1-22(9-11-5-4-7-14(18)16(11)19)10-13-12-6-2-3-8-15(12)21-17(13)20/h2-8,21H,9-10H2,1H3. The normalized spacial score (nSPS) is 11.5. The molecular weight excluding hydrogens is 339 g/mol. The Balaban J connectivity index is 1.83. The van der Waals surface area contributed by atoms with Gasteiger partial charge >= 0.3 is 0 Å². The van der Waals surface area contributed by atoms with Gasteiger partial charge in [0.1, 0.15) is 5.15 Å². The Morgan fingerprint density at radius 3 is 2.55 bits per heavy atom. The first-order valence-corrected chi connectivity index (χ1v) is 8.06. The molecule has 1 aromatic heterocycles. The van der Waals surface area contributed by atoms with E-state index in [-0.39, 0.29) is 0 Å². The predicted octanol–water partition coefficient (Wildman–Crippen LogP) is 5.76. The molecule has 3 aromatic rings. The van der Waals surface area contributed by atoms with Crippen LogP contribution in [0.25, 0.3) is 10.9 Å². The largest absolute Gasteiger partial charge is 0.345 e. The Bertz CT molecular complexity index is 811. The SMILES string of the molecule is CN(Cc1cccc(Cl)c1Cl)Cc1c(Cl)[nH]c2ccccc12. The van der Waals surface area contributed by atoms with Gasteiger partial charge in [0.15, 0.2) is 0 Å². The van der Waals surface area contributed by atoms with Gasteiger partial charge < -0.3 is 4.98 Å². The highest BCUT2D eigenvalue weighted by Crippen LogP contribution is 2.29. The average Bonchev–Trinajstić information content (AvgIpc) is 2.80. The van der Waals surface area contributed by atoms with E-state index in [1.165, 1.54) is 0 Å². The van der Waals surface area contributed by atoms with Crippen LogP contribution in [0, 0.1) is 0 Å². The summed E-state index contributed by atoms with van der Waals surface area (Å²) in [5.74, 6) is 0. The van der Waals surface area contributed by atoms with E-state index in [1.54, 1.807) is 6.07 Å². The van der Waals surface area contributed by atoms with Crippen LogP contribution >= 0.6 is 34.8 Å². The number of halogens is 3. The van der Waals surface area contributed by atoms with Crippen LogP contribution in [-0.4, -0.2) is 16.9 Å². The third-order valence-corrected chi connectivity index (χ3v) is 4.84. The molecule has 0 aliphatic carbocycles. The fourth-order valence-corrected chi connectivity index (χ4v) is 3.25. The van der Waals surface area contributed by atoms with Gasteiger partial charge in [-0.1, -0.05) is 65.1 Å². The van der Waals surface area contributed by atoms with Crippen molar-refractivity contribution in [3.8, 4) is 0 Å². The smallest absolute Gasteiger partial charge is 0.111 e. The third kappa shape index (κ3) is 3.11. The third-order valence-electron chi connectivity index (χ3n) is 3.66. The lowest BCUT2D eigenvalue weighted by Gasteiger charge is -2.18. The zero-order chi connectivity index (χ0) is 15.7. The second-order valence-electron chi connectivity index (χ2n) is 5.35. The van der Waals surface area contributed by atoms with Crippen molar-refractivity contribution in [3.05, 3.63) is 68.8 Å². The van der Waals surface area contributed by atoms with Gasteiger partial charge in [-0.15, -0.1) is 0 Å². The number of aromatic amines is 1. The molecule has 114 valence electrons. The highest BCUT2D eigenvalue weighted by molar-refractivity contribution is 6.42. The Kier molecular flexibility index (Phi) is 4.65. The number of aromatic nitrogens is 1. The molecule has 2 nitrogen and oxygen atoms in total. The van der Waals surface area contributed by atoms with Crippen molar-refractivity contribution in [1.82, 2.24) is 9.88 Å². The molecule has 0 saturated carbocycles. The maximum absolute atomic E-state index is 6.34. The van der Waals surface area contributed by atoms with Crippen molar-refractivity contribution in [1.29, 1.82) is 0 Å². The molecule has 1 heterocycles. The van der Waals surface area contributed by atoms with Gasteiger partial charge in [-0.2, -0.15) is 0 Å². The first-order valence-electron chi connectivity index (χ1n) is 6.93. The number of fused-ring (bicyclic) bond motifs is 1. The van der Waals surface area contributed by atoms with E-state index in [9.17, 15) is 0 Å². The van der Waals surface area contributed by atoms with E-state index in [1.807, 2.05) is 37.4 Å². The Morgan fingerprint density at radius 1 is 0.955 bits per heavy atom. The summed E-state index contributed by atoms with van der Waals surface area (Å²) in [5, 5.41) is 3.03. The zero-order valence-electron chi connectivity index (χ0n) is 12.0. The highest BCUT2D eigenvalue weighted by Gasteiger charge is 2.13. The Morgan fingerprint density at radius 2 is 1.73 bits per heavy atom. The van der Waals surface area contributed by atoms with Crippen LogP contribution in [0.4, 0.5) is 0 Å². The summed E-state index contributed by atoms with van der Waals surface area (Å²) in [6.07, 6.45) is 0. The minimum absolute atomic E-state index is 0.581. The Labute approximate surface area is 144 Å². The molecule has 3 rings (SSSR count). The van der Waals surface area contributed by atoms with Gasteiger partial charge in [0.2, 0.25) is 0 Å². The fraction of sp³-hybridized carbons (Fsp3) is 0.176. The molecule has 0 spiro atoms. The molecule has 0 atom stereocenters. The van der Waals surface area contributed by atoms with Crippen molar-refractivity contribution in [2.24, 2.45) is 0 Å². The van der Waals surface area contributed by atoms with Crippen molar-refractivity contribution in [2.75, 3.05) is 7.05 Å². The molecule has 0 amide bonds. The van der Waals surface area contributed by atoms with Crippen LogP contribution in [0.5, 0.6) is 0 Å². The summed E-state index contributed by atoms with van der Waals surface area (Å²) in [6.45, 7) is 1.43. The molecule has 22 heavy (non-hydrogen) atoms. The Hall–Kier alpha value is -1.19. The summed E-state index contributed by atoms with van der Waals surface area (Å²) < 4.78 is 0. The molecule has 1 N–H and O–H groups in total. The van der Waals surface area contributed by atoms with Gasteiger partial charge in [0.05, 0.1) is 10.0 Å². The monoisotopic (exact) mass is 352 g/mol. The summed E-state index contributed by atoms with van der Waals surface area (Å²) in [7, 11) is 2.04. The topological polar surface area (TPSA) is 19.0 Å². The molecule has 0 aliphatic heterocycles. The van der Waals surface area contributed by atoms with Crippen LogP contribution < -0.4 is 0 Å². The molecule has 5 heteroatoms. The van der Waals surface area contributed by atoms with Gasteiger partial charge in [-0.3, -0.25) is 4.90 Å². The quantitative estimate of drug-likeness (QED) is 0.631. The van der Waals surface area contributed by atoms with Crippen LogP contribution in [0.15, 0.2) is 42.5 Å². The van der Waals surface area contributed by atoms with Gasteiger partial charge in [-0.05, 0) is 24.7 Å². The van der Waals surface area contributed by atoms with E-state index in [0.29, 0.717) is 21.7 Å². The molecular formula is C17H15Cl3N2. The van der Waals surface area contributed by atoms with Gasteiger partial charge in [0, 0.05) is 29.6 Å². The molecule has 0 fully saturated rings. The molecule has 0 bridgehead atoms. The van der Waals surface area contributed by atoms with Gasteiger partial charge in [-0.25, -0.2) is 0 Å². The first kappa shape index (κ1) is 15.7. The minimum atomic E-state index is 0.581. The lowest BCUT2D eigenvalue weighted by molar-refractivity contribution is 0.320. The molecule has 0 aliphatic rings.